The van der Waals surface area contributed by atoms with Gasteiger partial charge in [0.1, 0.15) is 5.82 Å². The molecule has 0 aliphatic heterocycles. The summed E-state index contributed by atoms with van der Waals surface area (Å²) in [6.07, 6.45) is 0.628. The van der Waals surface area contributed by atoms with E-state index in [4.69, 9.17) is 4.74 Å². The summed E-state index contributed by atoms with van der Waals surface area (Å²) in [5.74, 6) is -0.202. The summed E-state index contributed by atoms with van der Waals surface area (Å²) in [6, 6.07) is 13.6. The lowest BCUT2D eigenvalue weighted by Gasteiger charge is -2.24. The number of benzene rings is 2. The van der Waals surface area contributed by atoms with Crippen molar-refractivity contribution in [2.24, 2.45) is 5.92 Å². The zero-order chi connectivity index (χ0) is 21.2. The second-order valence-corrected chi connectivity index (χ2v) is 7.39. The molecule has 0 saturated heterocycles. The molecule has 0 radical (unpaired) electrons. The predicted molar refractivity (Wildman–Crippen MR) is 112 cm³/mol. The monoisotopic (exact) mass is 400 g/mol. The Morgan fingerprint density at radius 3 is 2.48 bits per heavy atom. The van der Waals surface area contributed by atoms with Crippen molar-refractivity contribution in [2.45, 2.75) is 33.2 Å². The summed E-state index contributed by atoms with van der Waals surface area (Å²) < 4.78 is 18.2. The Kier molecular flexibility index (Phi) is 8.80. The van der Waals surface area contributed by atoms with Crippen molar-refractivity contribution in [2.75, 3.05) is 25.2 Å². The van der Waals surface area contributed by atoms with Crippen molar-refractivity contribution >= 4 is 17.5 Å². The molecule has 156 valence electrons. The molecule has 0 heterocycles. The molecule has 5 nitrogen and oxygen atoms in total. The van der Waals surface area contributed by atoms with E-state index < -0.39 is 0 Å². The number of ether oxygens (including phenoxy) is 1. The fourth-order valence-electron chi connectivity index (χ4n) is 2.93. The Labute approximate surface area is 171 Å². The van der Waals surface area contributed by atoms with Crippen LogP contribution >= 0.6 is 0 Å². The van der Waals surface area contributed by atoms with E-state index in [2.05, 4.69) is 5.32 Å². The van der Waals surface area contributed by atoms with Gasteiger partial charge in [-0.3, -0.25) is 9.59 Å². The first kappa shape index (κ1) is 22.6. The van der Waals surface area contributed by atoms with Crippen molar-refractivity contribution in [3.8, 4) is 0 Å². The Morgan fingerprint density at radius 2 is 1.83 bits per heavy atom. The number of amides is 2. The number of halogens is 1. The Hall–Kier alpha value is -2.73. The van der Waals surface area contributed by atoms with Crippen LogP contribution < -0.4 is 10.2 Å². The van der Waals surface area contributed by atoms with Gasteiger partial charge < -0.3 is 15.0 Å². The van der Waals surface area contributed by atoms with Crippen LogP contribution in [0.15, 0.2) is 48.5 Å². The summed E-state index contributed by atoms with van der Waals surface area (Å²) in [5.41, 5.74) is 2.38. The summed E-state index contributed by atoms with van der Waals surface area (Å²) in [5, 5.41) is 2.79. The number of methoxy groups -OCH3 is 1. The number of carbonyl (C=O) groups is 2. The second kappa shape index (κ2) is 11.3. The summed E-state index contributed by atoms with van der Waals surface area (Å²) in [6.45, 7) is 5.25. The molecular formula is C23H29FN2O3. The molecule has 0 aromatic heterocycles. The van der Waals surface area contributed by atoms with Crippen molar-refractivity contribution in [3.63, 3.8) is 0 Å². The number of hydrogen-bond donors (Lipinski definition) is 1. The summed E-state index contributed by atoms with van der Waals surface area (Å²) in [4.78, 5) is 26.7. The van der Waals surface area contributed by atoms with Gasteiger partial charge in [0, 0.05) is 25.8 Å². The zero-order valence-electron chi connectivity index (χ0n) is 17.3. The van der Waals surface area contributed by atoms with Crippen LogP contribution in [0.5, 0.6) is 0 Å². The highest BCUT2D eigenvalue weighted by atomic mass is 19.1. The predicted octanol–water partition coefficient (Wildman–Crippen LogP) is 3.71. The molecule has 0 fully saturated rings. The van der Waals surface area contributed by atoms with E-state index in [1.807, 2.05) is 38.1 Å². The topological polar surface area (TPSA) is 58.6 Å². The minimum Gasteiger partial charge on any atom is -0.383 e. The lowest BCUT2D eigenvalue weighted by molar-refractivity contribution is -0.121. The van der Waals surface area contributed by atoms with Gasteiger partial charge in [0.25, 0.3) is 0 Å². The molecule has 1 N–H and O–H groups in total. The van der Waals surface area contributed by atoms with Crippen molar-refractivity contribution in [1.82, 2.24) is 5.32 Å². The van der Waals surface area contributed by atoms with Gasteiger partial charge >= 0.3 is 0 Å². The third-order valence-electron chi connectivity index (χ3n) is 4.35. The molecule has 2 amide bonds. The highest BCUT2D eigenvalue weighted by Gasteiger charge is 2.18. The molecule has 2 aromatic rings. The first-order valence-corrected chi connectivity index (χ1v) is 9.78. The lowest BCUT2D eigenvalue weighted by atomic mass is 10.1. The van der Waals surface area contributed by atoms with Crippen LogP contribution in [-0.4, -0.2) is 32.1 Å². The lowest BCUT2D eigenvalue weighted by Crippen LogP contribution is -2.31. The maximum Gasteiger partial charge on any atom is 0.227 e. The number of carbonyl (C=O) groups excluding carboxylic acids is 2. The smallest absolute Gasteiger partial charge is 0.227 e. The van der Waals surface area contributed by atoms with Gasteiger partial charge in [-0.05, 0) is 41.3 Å². The highest BCUT2D eigenvalue weighted by Crippen LogP contribution is 2.22. The molecular weight excluding hydrogens is 371 g/mol. The Morgan fingerprint density at radius 1 is 1.10 bits per heavy atom. The number of anilines is 1. The summed E-state index contributed by atoms with van der Waals surface area (Å²) in [7, 11) is 1.58. The SMILES string of the molecule is COCCNC(=O)Cc1cccc(N(Cc2ccc(F)cc2)C(=O)CC(C)C)c1. The molecule has 0 atom stereocenters. The first-order chi connectivity index (χ1) is 13.9. The van der Waals surface area contributed by atoms with Crippen molar-refractivity contribution < 1.29 is 18.7 Å². The van der Waals surface area contributed by atoms with E-state index in [1.165, 1.54) is 12.1 Å². The average molecular weight is 400 g/mol. The van der Waals surface area contributed by atoms with Gasteiger partial charge in [-0.2, -0.15) is 0 Å². The molecule has 2 aromatic carbocycles. The fourth-order valence-corrected chi connectivity index (χ4v) is 2.93. The van der Waals surface area contributed by atoms with Crippen LogP contribution in [0.4, 0.5) is 10.1 Å². The van der Waals surface area contributed by atoms with Crippen LogP contribution in [0.1, 0.15) is 31.4 Å². The highest BCUT2D eigenvalue weighted by molar-refractivity contribution is 5.93. The van der Waals surface area contributed by atoms with E-state index >= 15 is 0 Å². The maximum absolute atomic E-state index is 13.2. The standard InChI is InChI=1S/C23H29FN2O3/c1-17(2)13-23(28)26(16-18-7-9-20(24)10-8-18)21-6-4-5-19(14-21)15-22(27)25-11-12-29-3/h4-10,14,17H,11-13,15-16H2,1-3H3,(H,25,27). The number of nitrogens with zero attached hydrogens (tertiary/aromatic N) is 1. The van der Waals surface area contributed by atoms with Crippen LogP contribution in [0, 0.1) is 11.7 Å². The van der Waals surface area contributed by atoms with Crippen LogP contribution in [0.3, 0.4) is 0 Å². The fraction of sp³-hybridized carbons (Fsp3) is 0.391. The molecule has 0 bridgehead atoms. The third kappa shape index (κ3) is 7.66. The number of nitrogens with one attached hydrogen (secondary N) is 1. The average Bonchev–Trinajstić information content (AvgIpc) is 2.67. The molecule has 0 unspecified atom stereocenters. The first-order valence-electron chi connectivity index (χ1n) is 9.78. The van der Waals surface area contributed by atoms with Gasteiger partial charge in [-0.25, -0.2) is 4.39 Å². The van der Waals surface area contributed by atoms with Gasteiger partial charge in [-0.15, -0.1) is 0 Å². The van der Waals surface area contributed by atoms with Gasteiger partial charge in [0.2, 0.25) is 11.8 Å². The molecule has 6 heteroatoms. The van der Waals surface area contributed by atoms with Crippen LogP contribution in [0.25, 0.3) is 0 Å². The molecule has 0 aliphatic carbocycles. The largest absolute Gasteiger partial charge is 0.383 e. The molecule has 2 rings (SSSR count). The molecule has 0 spiro atoms. The van der Waals surface area contributed by atoms with E-state index in [-0.39, 0.29) is 30.0 Å². The Balaban J connectivity index is 2.19. The van der Waals surface area contributed by atoms with Gasteiger partial charge in [0.15, 0.2) is 0 Å². The van der Waals surface area contributed by atoms with Gasteiger partial charge in [0.05, 0.1) is 19.6 Å². The van der Waals surface area contributed by atoms with E-state index in [0.717, 1.165) is 16.8 Å². The Bertz CT molecular complexity index is 806. The number of rotatable bonds is 10. The summed E-state index contributed by atoms with van der Waals surface area (Å²) >= 11 is 0. The van der Waals surface area contributed by atoms with E-state index in [1.54, 1.807) is 24.1 Å². The van der Waals surface area contributed by atoms with Crippen molar-refractivity contribution in [1.29, 1.82) is 0 Å². The van der Waals surface area contributed by atoms with E-state index in [9.17, 15) is 14.0 Å². The second-order valence-electron chi connectivity index (χ2n) is 7.39. The minimum atomic E-state index is -0.310. The van der Waals surface area contributed by atoms with Gasteiger partial charge in [-0.1, -0.05) is 38.1 Å². The molecule has 0 aliphatic rings. The number of hydrogen-bond acceptors (Lipinski definition) is 3. The third-order valence-corrected chi connectivity index (χ3v) is 4.35. The minimum absolute atomic E-state index is 0.00831. The van der Waals surface area contributed by atoms with Crippen molar-refractivity contribution in [3.05, 3.63) is 65.5 Å². The van der Waals surface area contributed by atoms with Crippen LogP contribution in [0.2, 0.25) is 0 Å². The molecule has 0 saturated carbocycles. The van der Waals surface area contributed by atoms with Crippen LogP contribution in [-0.2, 0) is 27.3 Å². The quantitative estimate of drug-likeness (QED) is 0.619. The van der Waals surface area contributed by atoms with E-state index in [0.29, 0.717) is 26.1 Å². The maximum atomic E-state index is 13.2. The normalized spacial score (nSPS) is 10.8. The molecule has 29 heavy (non-hydrogen) atoms. The zero-order valence-corrected chi connectivity index (χ0v) is 17.3.